The Kier molecular flexibility index (Phi) is 13.3. The summed E-state index contributed by atoms with van der Waals surface area (Å²) in [5.41, 5.74) is 0. The standard InChI is InChI=1S/C2H8N2.C2H7N/c1-4(2)3;1-3-2/h3H2,1-2H3;3H,1-2H3. The molecule has 0 heterocycles. The maximum atomic E-state index is 4.94. The van der Waals surface area contributed by atoms with E-state index in [2.05, 4.69) is 5.32 Å². The van der Waals surface area contributed by atoms with Crippen LogP contribution in [0, 0.1) is 0 Å². The predicted molar refractivity (Wildman–Crippen MR) is 32.9 cm³/mol. The van der Waals surface area contributed by atoms with Crippen molar-refractivity contribution < 1.29 is 0 Å². The summed E-state index contributed by atoms with van der Waals surface area (Å²) in [6, 6.07) is 0. The summed E-state index contributed by atoms with van der Waals surface area (Å²) >= 11 is 0. The van der Waals surface area contributed by atoms with Gasteiger partial charge in [0.05, 0.1) is 0 Å². The summed E-state index contributed by atoms with van der Waals surface area (Å²) in [6.45, 7) is 0. The molecule has 0 aromatic rings. The fourth-order valence-corrected chi connectivity index (χ4v) is 0. The third-order valence-corrected chi connectivity index (χ3v) is 0. The first-order valence-electron chi connectivity index (χ1n) is 2.15. The Bertz CT molecular complexity index is 18.1. The van der Waals surface area contributed by atoms with Crippen LogP contribution in [0.5, 0.6) is 0 Å². The summed E-state index contributed by atoms with van der Waals surface area (Å²) in [5.74, 6) is 4.94. The quantitative estimate of drug-likeness (QED) is 0.315. The molecule has 0 saturated heterocycles. The van der Waals surface area contributed by atoms with Crippen molar-refractivity contribution in [2.75, 3.05) is 28.2 Å². The monoisotopic (exact) mass is 105 g/mol. The van der Waals surface area contributed by atoms with Crippen molar-refractivity contribution in [2.24, 2.45) is 5.84 Å². The van der Waals surface area contributed by atoms with Gasteiger partial charge in [0.15, 0.2) is 0 Å². The van der Waals surface area contributed by atoms with E-state index in [1.807, 2.05) is 14.1 Å². The molecule has 0 spiro atoms. The SMILES string of the molecule is CN(C)N.CNC. The van der Waals surface area contributed by atoms with Gasteiger partial charge in [-0.15, -0.1) is 0 Å². The van der Waals surface area contributed by atoms with Gasteiger partial charge in [0.1, 0.15) is 0 Å². The second kappa shape index (κ2) is 9.30. The molecule has 0 bridgehead atoms. The number of hydrazine groups is 1. The number of hydrogen-bond donors (Lipinski definition) is 2. The predicted octanol–water partition coefficient (Wildman–Crippen LogP) is -0.743. The third kappa shape index (κ3) is 6150. The molecule has 0 fully saturated rings. The van der Waals surface area contributed by atoms with Crippen molar-refractivity contribution in [3.05, 3.63) is 0 Å². The number of nitrogens with one attached hydrogen (secondary N) is 1. The molecule has 0 aliphatic rings. The second-order valence-corrected chi connectivity index (χ2v) is 1.46. The molecular formula is C4H15N3. The molecule has 46 valence electrons. The number of rotatable bonds is 0. The molecular weight excluding hydrogens is 90.1 g/mol. The smallest absolute Gasteiger partial charge is 0.00105 e. The number of hydrogen-bond acceptors (Lipinski definition) is 3. The summed E-state index contributed by atoms with van der Waals surface area (Å²) in [4.78, 5) is 0. The van der Waals surface area contributed by atoms with Crippen LogP contribution in [0.4, 0.5) is 0 Å². The number of nitrogens with two attached hydrogens (primary N) is 1. The van der Waals surface area contributed by atoms with E-state index in [-0.39, 0.29) is 0 Å². The van der Waals surface area contributed by atoms with Gasteiger partial charge in [-0.05, 0) is 14.1 Å². The van der Waals surface area contributed by atoms with E-state index < -0.39 is 0 Å². The van der Waals surface area contributed by atoms with Crippen LogP contribution in [0.1, 0.15) is 0 Å². The summed E-state index contributed by atoms with van der Waals surface area (Å²) in [6.07, 6.45) is 0. The number of nitrogens with zero attached hydrogens (tertiary/aromatic N) is 1. The van der Waals surface area contributed by atoms with Crippen molar-refractivity contribution in [3.8, 4) is 0 Å². The Morgan fingerprint density at radius 3 is 1.29 bits per heavy atom. The Labute approximate surface area is 45.5 Å². The first-order valence-corrected chi connectivity index (χ1v) is 2.15. The van der Waals surface area contributed by atoms with Gasteiger partial charge >= 0.3 is 0 Å². The van der Waals surface area contributed by atoms with Crippen molar-refractivity contribution >= 4 is 0 Å². The van der Waals surface area contributed by atoms with Crippen molar-refractivity contribution in [3.63, 3.8) is 0 Å². The molecule has 0 aromatic carbocycles. The van der Waals surface area contributed by atoms with Gasteiger partial charge < -0.3 is 5.32 Å². The minimum Gasteiger partial charge on any atom is -0.323 e. The lowest BCUT2D eigenvalue weighted by atomic mass is 11.2. The van der Waals surface area contributed by atoms with Crippen LogP contribution in [0.2, 0.25) is 0 Å². The first-order chi connectivity index (χ1) is 3.15. The molecule has 3 N–H and O–H groups in total. The minimum atomic E-state index is 1.50. The van der Waals surface area contributed by atoms with Crippen molar-refractivity contribution in [2.45, 2.75) is 0 Å². The fourth-order valence-electron chi connectivity index (χ4n) is 0. The van der Waals surface area contributed by atoms with Crippen LogP contribution in [-0.2, 0) is 0 Å². The van der Waals surface area contributed by atoms with Gasteiger partial charge in [-0.1, -0.05) is 0 Å². The van der Waals surface area contributed by atoms with Crippen molar-refractivity contribution in [1.29, 1.82) is 0 Å². The largest absolute Gasteiger partial charge is 0.323 e. The van der Waals surface area contributed by atoms with Gasteiger partial charge in [0.2, 0.25) is 0 Å². The Hall–Kier alpha value is -0.120. The van der Waals surface area contributed by atoms with Crippen molar-refractivity contribution in [1.82, 2.24) is 10.3 Å². The highest BCUT2D eigenvalue weighted by Crippen LogP contribution is 1.37. The van der Waals surface area contributed by atoms with Gasteiger partial charge in [0, 0.05) is 14.1 Å². The molecule has 0 radical (unpaired) electrons. The van der Waals surface area contributed by atoms with E-state index >= 15 is 0 Å². The highest BCUT2D eigenvalue weighted by Gasteiger charge is 1.57. The van der Waals surface area contributed by atoms with E-state index in [0.717, 1.165) is 0 Å². The molecule has 0 unspecified atom stereocenters. The lowest BCUT2D eigenvalue weighted by molar-refractivity contribution is 0.432. The minimum absolute atomic E-state index is 1.50. The highest BCUT2D eigenvalue weighted by molar-refractivity contribution is 4.01. The molecule has 0 aliphatic carbocycles. The first kappa shape index (κ1) is 9.99. The van der Waals surface area contributed by atoms with Crippen LogP contribution >= 0.6 is 0 Å². The Morgan fingerprint density at radius 2 is 1.29 bits per heavy atom. The van der Waals surface area contributed by atoms with Gasteiger partial charge in [-0.2, -0.15) is 0 Å². The second-order valence-electron chi connectivity index (χ2n) is 1.46. The lowest BCUT2D eigenvalue weighted by Crippen LogP contribution is -2.18. The Morgan fingerprint density at radius 1 is 1.29 bits per heavy atom. The van der Waals surface area contributed by atoms with Gasteiger partial charge in [-0.3, -0.25) is 10.9 Å². The molecule has 0 aromatic heterocycles. The van der Waals surface area contributed by atoms with Gasteiger partial charge in [-0.25, -0.2) is 0 Å². The molecule has 0 rings (SSSR count). The normalized spacial score (nSPS) is 7.71. The maximum absolute atomic E-state index is 4.94. The fraction of sp³-hybridized carbons (Fsp3) is 1.00. The summed E-state index contributed by atoms with van der Waals surface area (Å²) in [5, 5.41) is 4.25. The van der Waals surface area contributed by atoms with Crippen LogP contribution < -0.4 is 11.2 Å². The van der Waals surface area contributed by atoms with E-state index in [9.17, 15) is 0 Å². The zero-order chi connectivity index (χ0) is 6.28. The molecule has 3 nitrogen and oxygen atoms in total. The molecule has 3 heteroatoms. The zero-order valence-corrected chi connectivity index (χ0v) is 5.52. The van der Waals surface area contributed by atoms with Crippen LogP contribution in [-0.4, -0.2) is 33.2 Å². The highest BCUT2D eigenvalue weighted by atomic mass is 15.4. The van der Waals surface area contributed by atoms with Crippen LogP contribution in [0.15, 0.2) is 0 Å². The molecule has 0 aliphatic heterocycles. The van der Waals surface area contributed by atoms with E-state index in [0.29, 0.717) is 0 Å². The van der Waals surface area contributed by atoms with Crippen LogP contribution in [0.25, 0.3) is 0 Å². The zero-order valence-electron chi connectivity index (χ0n) is 5.52. The molecule has 7 heavy (non-hydrogen) atoms. The third-order valence-electron chi connectivity index (χ3n) is 0. The van der Waals surface area contributed by atoms with Gasteiger partial charge in [0.25, 0.3) is 0 Å². The van der Waals surface area contributed by atoms with Crippen LogP contribution in [0.3, 0.4) is 0 Å². The van der Waals surface area contributed by atoms with E-state index in [4.69, 9.17) is 5.84 Å². The molecule has 0 amide bonds. The molecule has 0 atom stereocenters. The maximum Gasteiger partial charge on any atom is 0.00105 e. The Balaban J connectivity index is 0. The molecule has 0 saturated carbocycles. The average Bonchev–Trinajstić information content (AvgIpc) is 1.33. The average molecular weight is 105 g/mol. The summed E-state index contributed by atoms with van der Waals surface area (Å²) < 4.78 is 0. The lowest BCUT2D eigenvalue weighted by Gasteiger charge is -1.91. The van der Waals surface area contributed by atoms with E-state index in [1.54, 1.807) is 14.1 Å². The summed E-state index contributed by atoms with van der Waals surface area (Å²) in [7, 11) is 7.31. The topological polar surface area (TPSA) is 41.3 Å². The van der Waals surface area contributed by atoms with E-state index in [1.165, 1.54) is 5.01 Å².